The molecule has 1 heterocycles. The van der Waals surface area contributed by atoms with Crippen LogP contribution in [0.25, 0.3) is 0 Å². The standard InChI is InChI=1S/C17H25ClN4O/c1-6-8-15-13(10-20-9-7-2)17(23)22(21-15)16(12(3)4)14(18)11-19-5/h6-9,11,13-14,16,20H,3,10H2,1-2,4-5H3/b8-6+,9-7+,19-11?. The van der Waals surface area contributed by atoms with Crippen molar-refractivity contribution in [1.29, 1.82) is 0 Å². The summed E-state index contributed by atoms with van der Waals surface area (Å²) in [5.74, 6) is -0.426. The Balaban J connectivity index is 3.10. The van der Waals surface area contributed by atoms with Gasteiger partial charge in [0.05, 0.1) is 17.1 Å². The molecule has 0 aromatic rings. The van der Waals surface area contributed by atoms with Crippen molar-refractivity contribution in [2.24, 2.45) is 16.0 Å². The lowest BCUT2D eigenvalue weighted by Gasteiger charge is -2.27. The van der Waals surface area contributed by atoms with Gasteiger partial charge in [-0.1, -0.05) is 24.3 Å². The largest absolute Gasteiger partial charge is 0.390 e. The average molecular weight is 337 g/mol. The van der Waals surface area contributed by atoms with E-state index in [1.807, 2.05) is 45.2 Å². The molecule has 23 heavy (non-hydrogen) atoms. The summed E-state index contributed by atoms with van der Waals surface area (Å²) < 4.78 is 0. The van der Waals surface area contributed by atoms with E-state index in [1.54, 1.807) is 13.3 Å². The normalized spacial score (nSPS) is 21.4. The quantitative estimate of drug-likeness (QED) is 0.421. The van der Waals surface area contributed by atoms with E-state index in [4.69, 9.17) is 11.6 Å². The third kappa shape index (κ3) is 4.79. The van der Waals surface area contributed by atoms with Gasteiger partial charge in [-0.25, -0.2) is 5.01 Å². The third-order valence-corrected chi connectivity index (χ3v) is 3.76. The summed E-state index contributed by atoms with van der Waals surface area (Å²) in [4.78, 5) is 16.8. The molecule has 3 atom stereocenters. The van der Waals surface area contributed by atoms with Crippen LogP contribution >= 0.6 is 11.6 Å². The van der Waals surface area contributed by atoms with E-state index in [0.29, 0.717) is 6.54 Å². The van der Waals surface area contributed by atoms with Gasteiger partial charge in [-0.15, -0.1) is 11.6 Å². The Morgan fingerprint density at radius 1 is 1.52 bits per heavy atom. The van der Waals surface area contributed by atoms with Crippen molar-refractivity contribution < 1.29 is 4.79 Å². The van der Waals surface area contributed by atoms with Gasteiger partial charge < -0.3 is 5.32 Å². The summed E-state index contributed by atoms with van der Waals surface area (Å²) in [6.45, 7) is 10.1. The molecular weight excluding hydrogens is 312 g/mol. The van der Waals surface area contributed by atoms with E-state index < -0.39 is 11.4 Å². The minimum Gasteiger partial charge on any atom is -0.390 e. The smallest absolute Gasteiger partial charge is 0.254 e. The molecule has 0 saturated heterocycles. The second-order valence-electron chi connectivity index (χ2n) is 5.31. The fourth-order valence-corrected chi connectivity index (χ4v) is 2.82. The summed E-state index contributed by atoms with van der Waals surface area (Å²) in [6, 6.07) is -0.417. The molecule has 1 rings (SSSR count). The lowest BCUT2D eigenvalue weighted by molar-refractivity contribution is -0.132. The summed E-state index contributed by atoms with van der Waals surface area (Å²) in [6.07, 6.45) is 9.02. The minimum atomic E-state index is -0.473. The van der Waals surface area contributed by atoms with Crippen molar-refractivity contribution in [3.63, 3.8) is 0 Å². The number of hydrogen-bond acceptors (Lipinski definition) is 4. The van der Waals surface area contributed by atoms with Gasteiger partial charge in [0.25, 0.3) is 5.91 Å². The van der Waals surface area contributed by atoms with Crippen molar-refractivity contribution in [3.8, 4) is 0 Å². The molecule has 3 unspecified atom stereocenters. The summed E-state index contributed by atoms with van der Waals surface area (Å²) in [5.41, 5.74) is 1.49. The third-order valence-electron chi connectivity index (χ3n) is 3.41. The van der Waals surface area contributed by atoms with Crippen molar-refractivity contribution >= 4 is 29.4 Å². The maximum atomic E-state index is 12.8. The van der Waals surface area contributed by atoms with Crippen LogP contribution in [0.15, 0.2) is 46.7 Å². The number of amides is 1. The number of carbonyl (C=O) groups is 1. The van der Waals surface area contributed by atoms with Crippen LogP contribution in [0.5, 0.6) is 0 Å². The van der Waals surface area contributed by atoms with Crippen LogP contribution in [-0.2, 0) is 4.79 Å². The van der Waals surface area contributed by atoms with Crippen molar-refractivity contribution in [3.05, 3.63) is 36.6 Å². The maximum absolute atomic E-state index is 12.8. The predicted molar refractivity (Wildman–Crippen MR) is 98.1 cm³/mol. The van der Waals surface area contributed by atoms with E-state index in [9.17, 15) is 4.79 Å². The van der Waals surface area contributed by atoms with E-state index in [2.05, 4.69) is 22.0 Å². The number of rotatable bonds is 8. The Labute approximate surface area is 143 Å². The minimum absolute atomic E-state index is 0.0849. The highest BCUT2D eigenvalue weighted by atomic mass is 35.5. The van der Waals surface area contributed by atoms with Gasteiger partial charge in [-0.2, -0.15) is 5.10 Å². The fourth-order valence-electron chi connectivity index (χ4n) is 2.38. The Morgan fingerprint density at radius 2 is 2.22 bits per heavy atom. The van der Waals surface area contributed by atoms with Crippen molar-refractivity contribution in [2.45, 2.75) is 32.2 Å². The average Bonchev–Trinajstić information content (AvgIpc) is 2.77. The highest BCUT2D eigenvalue weighted by molar-refractivity contribution is 6.29. The number of nitrogens with zero attached hydrogens (tertiary/aromatic N) is 3. The van der Waals surface area contributed by atoms with E-state index >= 15 is 0 Å². The highest BCUT2D eigenvalue weighted by Gasteiger charge is 2.40. The first kappa shape index (κ1) is 19.2. The number of allylic oxidation sites excluding steroid dienone is 3. The molecule has 0 radical (unpaired) electrons. The van der Waals surface area contributed by atoms with Crippen LogP contribution < -0.4 is 5.32 Å². The first-order valence-corrected chi connectivity index (χ1v) is 8.02. The molecule has 1 amide bonds. The Hall–Kier alpha value is -1.88. The summed E-state index contributed by atoms with van der Waals surface area (Å²) in [5, 5.41) is 8.57. The van der Waals surface area contributed by atoms with Crippen molar-refractivity contribution in [1.82, 2.24) is 10.3 Å². The molecule has 6 heteroatoms. The molecule has 0 fully saturated rings. The number of hydrogen-bond donors (Lipinski definition) is 1. The summed E-state index contributed by atoms with van der Waals surface area (Å²) >= 11 is 6.37. The second-order valence-corrected chi connectivity index (χ2v) is 5.82. The molecule has 1 aliphatic rings. The molecule has 1 N–H and O–H groups in total. The molecule has 5 nitrogen and oxygen atoms in total. The molecule has 0 aliphatic carbocycles. The predicted octanol–water partition coefficient (Wildman–Crippen LogP) is 2.75. The molecule has 0 aromatic heterocycles. The second kappa shape index (κ2) is 9.30. The molecule has 0 aromatic carbocycles. The maximum Gasteiger partial charge on any atom is 0.254 e. The highest BCUT2D eigenvalue weighted by Crippen LogP contribution is 2.25. The molecule has 0 bridgehead atoms. The number of hydrazone groups is 1. The van der Waals surface area contributed by atoms with Gasteiger partial charge in [0.15, 0.2) is 0 Å². The van der Waals surface area contributed by atoms with Crippen molar-refractivity contribution in [2.75, 3.05) is 13.6 Å². The van der Waals surface area contributed by atoms with E-state index in [-0.39, 0.29) is 11.8 Å². The number of alkyl halides is 1. The SMILES string of the molecule is C=C(C)C(C(Cl)C=NC)N1N=C(/C=C/C)C(CN/C=C/C)C1=O. The number of halogens is 1. The zero-order valence-corrected chi connectivity index (χ0v) is 14.9. The van der Waals surface area contributed by atoms with Crippen LogP contribution in [0.2, 0.25) is 0 Å². The fraction of sp³-hybridized carbons (Fsp3) is 0.471. The van der Waals surface area contributed by atoms with E-state index in [1.165, 1.54) is 5.01 Å². The number of carbonyl (C=O) groups excluding carboxylic acids is 1. The Kier molecular flexibility index (Phi) is 7.75. The zero-order chi connectivity index (χ0) is 17.4. The van der Waals surface area contributed by atoms with Crippen LogP contribution in [0.3, 0.4) is 0 Å². The van der Waals surface area contributed by atoms with Crippen LogP contribution in [0, 0.1) is 5.92 Å². The summed E-state index contributed by atoms with van der Waals surface area (Å²) in [7, 11) is 1.65. The first-order valence-electron chi connectivity index (χ1n) is 7.58. The van der Waals surface area contributed by atoms with Gasteiger partial charge in [-0.3, -0.25) is 9.79 Å². The molecule has 126 valence electrons. The van der Waals surface area contributed by atoms with Gasteiger partial charge in [0, 0.05) is 19.8 Å². The van der Waals surface area contributed by atoms with Gasteiger partial charge in [0.1, 0.15) is 5.92 Å². The molecular formula is C17H25ClN4O. The Morgan fingerprint density at radius 3 is 2.74 bits per heavy atom. The van der Waals surface area contributed by atoms with E-state index in [0.717, 1.165) is 11.3 Å². The lowest BCUT2D eigenvalue weighted by Crippen LogP contribution is -2.44. The van der Waals surface area contributed by atoms with Gasteiger partial charge in [0.2, 0.25) is 0 Å². The monoisotopic (exact) mass is 336 g/mol. The number of aliphatic imine (C=N–C) groups is 1. The Bertz CT molecular complexity index is 551. The topological polar surface area (TPSA) is 57.1 Å². The van der Waals surface area contributed by atoms with Gasteiger partial charge >= 0.3 is 0 Å². The van der Waals surface area contributed by atoms with Crippen LogP contribution in [0.1, 0.15) is 20.8 Å². The number of nitrogens with one attached hydrogen (secondary N) is 1. The molecule has 1 aliphatic heterocycles. The van der Waals surface area contributed by atoms with Gasteiger partial charge in [-0.05, 0) is 33.0 Å². The zero-order valence-electron chi connectivity index (χ0n) is 14.2. The molecule has 0 spiro atoms. The first-order chi connectivity index (χ1) is 11.0. The lowest BCUT2D eigenvalue weighted by atomic mass is 10.0. The van der Waals surface area contributed by atoms with Crippen LogP contribution in [0.4, 0.5) is 0 Å². The van der Waals surface area contributed by atoms with Crippen LogP contribution in [-0.4, -0.2) is 47.9 Å². The molecule has 0 saturated carbocycles.